The minimum Gasteiger partial charge on any atom is -0.479 e. The van der Waals surface area contributed by atoms with Gasteiger partial charge in [0.25, 0.3) is 0 Å². The van der Waals surface area contributed by atoms with E-state index in [1.54, 1.807) is 0 Å². The number of hydrogen-bond donors (Lipinski definition) is 2. The highest BCUT2D eigenvalue weighted by Crippen LogP contribution is 2.27. The Morgan fingerprint density at radius 3 is 2.73 bits per heavy atom. The number of anilines is 1. The Hall–Kier alpha value is -2.51. The zero-order valence-electron chi connectivity index (χ0n) is 15.7. The van der Waals surface area contributed by atoms with Gasteiger partial charge < -0.3 is 9.84 Å². The van der Waals surface area contributed by atoms with Crippen molar-refractivity contribution in [1.29, 1.82) is 0 Å². The molecule has 2 heterocycles. The van der Waals surface area contributed by atoms with Crippen LogP contribution < -0.4 is 9.46 Å². The number of rotatable bonds is 9. The van der Waals surface area contributed by atoms with Crippen LogP contribution in [0.3, 0.4) is 0 Å². The third-order valence-corrected chi connectivity index (χ3v) is 6.51. The normalized spacial score (nSPS) is 15.3. The summed E-state index contributed by atoms with van der Waals surface area (Å²) in [5.41, 5.74) is 0.0662. The molecule has 0 unspecified atom stereocenters. The lowest BCUT2D eigenvalue weighted by molar-refractivity contribution is -0.144. The number of carboxylic acid groups (broad SMARTS) is 1. The summed E-state index contributed by atoms with van der Waals surface area (Å²) in [6, 6.07) is 4.90. The molecule has 0 bridgehead atoms. The first-order valence-corrected chi connectivity index (χ1v) is 11.2. The van der Waals surface area contributed by atoms with E-state index < -0.39 is 33.9 Å². The average Bonchev–Trinajstić information content (AvgIpc) is 2.60. The molecule has 1 aromatic heterocycles. The molecular formula is C17H18F2N4O5S2. The Morgan fingerprint density at radius 1 is 1.37 bits per heavy atom. The number of aliphatic carboxylic acids is 1. The minimum absolute atomic E-state index is 0.00457. The maximum Gasteiger partial charge on any atom is 0.344 e. The molecule has 0 radical (unpaired) electrons. The fraction of sp³-hybridized carbons (Fsp3) is 0.353. The second-order valence-corrected chi connectivity index (χ2v) is 8.95. The van der Waals surface area contributed by atoms with Crippen molar-refractivity contribution in [2.45, 2.75) is 30.4 Å². The number of aromatic nitrogens is 2. The summed E-state index contributed by atoms with van der Waals surface area (Å²) in [5.74, 6) is -3.60. The van der Waals surface area contributed by atoms with Crippen LogP contribution in [0.1, 0.15) is 18.9 Å². The Kier molecular flexibility index (Phi) is 6.73. The van der Waals surface area contributed by atoms with Gasteiger partial charge in [0.2, 0.25) is 5.88 Å². The van der Waals surface area contributed by atoms with Crippen LogP contribution in [-0.2, 0) is 20.8 Å². The van der Waals surface area contributed by atoms with Crippen LogP contribution in [0.15, 0.2) is 29.4 Å². The molecule has 1 fully saturated rings. The first-order chi connectivity index (χ1) is 14.2. The summed E-state index contributed by atoms with van der Waals surface area (Å²) < 4.78 is 60.6. The van der Waals surface area contributed by atoms with Crippen LogP contribution >= 0.6 is 11.8 Å². The lowest BCUT2D eigenvalue weighted by Gasteiger charge is -2.29. The number of ether oxygens (including phenoxy) is 1. The predicted octanol–water partition coefficient (Wildman–Crippen LogP) is 2.26. The fourth-order valence-electron chi connectivity index (χ4n) is 2.34. The van der Waals surface area contributed by atoms with E-state index in [1.807, 2.05) is 0 Å². The van der Waals surface area contributed by atoms with Gasteiger partial charge in [0, 0.05) is 30.5 Å². The second kappa shape index (κ2) is 9.10. The van der Waals surface area contributed by atoms with Gasteiger partial charge in [-0.1, -0.05) is 23.9 Å². The number of nitrogens with one attached hydrogen (secondary N) is 1. The van der Waals surface area contributed by atoms with E-state index in [2.05, 4.69) is 14.7 Å². The van der Waals surface area contributed by atoms with Gasteiger partial charge in [0.05, 0.1) is 0 Å². The number of hydrogen-bond acceptors (Lipinski definition) is 7. The standard InChI is InChI=1S/C17H18F2N4O5S2/c1-10(16(24)25)28-14-8-13(22-30(26,27)23-6-3-7-23)20-17(21-14)29-9-11-4-2-5-12(18)15(11)19/h2,4-5,8,10H,3,6-7,9H2,1H3,(H,24,25)(H,20,21,22)/t10-/m0/s1. The molecule has 1 aromatic carbocycles. The van der Waals surface area contributed by atoms with Gasteiger partial charge in [-0.05, 0) is 19.4 Å². The van der Waals surface area contributed by atoms with Crippen LogP contribution in [-0.4, -0.2) is 53.0 Å². The molecule has 0 saturated carbocycles. The van der Waals surface area contributed by atoms with E-state index in [0.29, 0.717) is 13.1 Å². The van der Waals surface area contributed by atoms with Gasteiger partial charge in [-0.3, -0.25) is 4.72 Å². The van der Waals surface area contributed by atoms with Crippen LogP contribution in [0.25, 0.3) is 0 Å². The molecular weight excluding hydrogens is 442 g/mol. The van der Waals surface area contributed by atoms with Gasteiger partial charge in [-0.25, -0.2) is 18.6 Å². The third-order valence-electron chi connectivity index (χ3n) is 4.10. The number of nitrogens with zero attached hydrogens (tertiary/aromatic N) is 3. The van der Waals surface area contributed by atoms with E-state index in [-0.39, 0.29) is 28.2 Å². The molecule has 13 heteroatoms. The molecule has 0 aliphatic carbocycles. The first kappa shape index (κ1) is 22.2. The number of halogens is 2. The lowest BCUT2D eigenvalue weighted by Crippen LogP contribution is -2.45. The predicted molar refractivity (Wildman–Crippen MR) is 104 cm³/mol. The SMILES string of the molecule is C[C@H](Oc1cc(NS(=O)(=O)N2CCC2)nc(SCc2cccc(F)c2F)n1)C(=O)O. The molecule has 1 aliphatic rings. The molecule has 1 aliphatic heterocycles. The molecule has 1 saturated heterocycles. The average molecular weight is 460 g/mol. The minimum atomic E-state index is -3.83. The van der Waals surface area contributed by atoms with Crippen molar-refractivity contribution in [3.8, 4) is 5.88 Å². The van der Waals surface area contributed by atoms with E-state index in [0.717, 1.165) is 30.3 Å². The van der Waals surface area contributed by atoms with Gasteiger partial charge in [0.1, 0.15) is 5.82 Å². The van der Waals surface area contributed by atoms with Crippen molar-refractivity contribution in [3.63, 3.8) is 0 Å². The number of carbonyl (C=O) groups is 1. The highest BCUT2D eigenvalue weighted by molar-refractivity contribution is 7.98. The lowest BCUT2D eigenvalue weighted by atomic mass is 10.2. The number of thioether (sulfide) groups is 1. The number of carboxylic acids is 1. The summed E-state index contributed by atoms with van der Waals surface area (Å²) in [4.78, 5) is 19.2. The second-order valence-electron chi connectivity index (χ2n) is 6.33. The molecule has 2 N–H and O–H groups in total. The summed E-state index contributed by atoms with van der Waals surface area (Å²) in [7, 11) is -3.83. The molecule has 1 atom stereocenters. The largest absolute Gasteiger partial charge is 0.479 e. The highest BCUT2D eigenvalue weighted by Gasteiger charge is 2.28. The third kappa shape index (κ3) is 5.34. The number of benzene rings is 1. The van der Waals surface area contributed by atoms with E-state index >= 15 is 0 Å². The van der Waals surface area contributed by atoms with Gasteiger partial charge in [-0.15, -0.1) is 0 Å². The van der Waals surface area contributed by atoms with Crippen molar-refractivity contribution in [1.82, 2.24) is 14.3 Å². The fourth-order valence-corrected chi connectivity index (χ4v) is 4.40. The van der Waals surface area contributed by atoms with Crippen molar-refractivity contribution >= 4 is 33.8 Å². The molecule has 30 heavy (non-hydrogen) atoms. The van der Waals surface area contributed by atoms with Gasteiger partial charge >= 0.3 is 16.2 Å². The molecule has 9 nitrogen and oxygen atoms in total. The van der Waals surface area contributed by atoms with Crippen molar-refractivity contribution in [3.05, 3.63) is 41.5 Å². The monoisotopic (exact) mass is 460 g/mol. The van der Waals surface area contributed by atoms with Gasteiger partial charge in [-0.2, -0.15) is 17.7 Å². The van der Waals surface area contributed by atoms with Crippen molar-refractivity contribution < 1.29 is 31.8 Å². The highest BCUT2D eigenvalue weighted by atomic mass is 32.2. The van der Waals surface area contributed by atoms with Crippen molar-refractivity contribution in [2.24, 2.45) is 0 Å². The van der Waals surface area contributed by atoms with Crippen molar-refractivity contribution in [2.75, 3.05) is 17.8 Å². The smallest absolute Gasteiger partial charge is 0.344 e. The Balaban J connectivity index is 1.84. The summed E-state index contributed by atoms with van der Waals surface area (Å²) >= 11 is 0.910. The molecule has 0 spiro atoms. The van der Waals surface area contributed by atoms with Crippen LogP contribution in [0.5, 0.6) is 5.88 Å². The first-order valence-electron chi connectivity index (χ1n) is 8.78. The summed E-state index contributed by atoms with van der Waals surface area (Å²) in [6.45, 7) is 2.03. The van der Waals surface area contributed by atoms with Crippen LogP contribution in [0.2, 0.25) is 0 Å². The molecule has 2 aromatic rings. The zero-order chi connectivity index (χ0) is 21.9. The van der Waals surface area contributed by atoms with E-state index in [4.69, 9.17) is 9.84 Å². The molecule has 3 rings (SSSR count). The maximum atomic E-state index is 13.9. The molecule has 162 valence electrons. The van der Waals surface area contributed by atoms with Crippen LogP contribution in [0, 0.1) is 11.6 Å². The summed E-state index contributed by atoms with van der Waals surface area (Å²) in [5, 5.41) is 9.02. The summed E-state index contributed by atoms with van der Waals surface area (Å²) in [6.07, 6.45) is -0.506. The molecule has 0 amide bonds. The quantitative estimate of drug-likeness (QED) is 0.432. The van der Waals surface area contributed by atoms with Gasteiger partial charge in [0.15, 0.2) is 22.9 Å². The van der Waals surface area contributed by atoms with E-state index in [9.17, 15) is 22.0 Å². The zero-order valence-corrected chi connectivity index (χ0v) is 17.3. The van der Waals surface area contributed by atoms with Crippen LogP contribution in [0.4, 0.5) is 14.6 Å². The Labute approximate surface area is 175 Å². The topological polar surface area (TPSA) is 122 Å². The Morgan fingerprint density at radius 2 is 2.10 bits per heavy atom. The maximum absolute atomic E-state index is 13.9. The van der Waals surface area contributed by atoms with E-state index in [1.165, 1.54) is 23.4 Å². The Bertz CT molecular complexity index is 1050.